The lowest BCUT2D eigenvalue weighted by Gasteiger charge is -2.30. The van der Waals surface area contributed by atoms with E-state index < -0.39 is 0 Å². The predicted molar refractivity (Wildman–Crippen MR) is 90.3 cm³/mol. The Labute approximate surface area is 135 Å². The van der Waals surface area contributed by atoms with E-state index in [0.29, 0.717) is 6.04 Å². The minimum absolute atomic E-state index is 0.0740. The lowest BCUT2D eigenvalue weighted by Crippen LogP contribution is -2.22. The molecule has 21 heavy (non-hydrogen) atoms. The van der Waals surface area contributed by atoms with Crippen LogP contribution in [0.1, 0.15) is 55.5 Å². The normalized spacial score (nSPS) is 24.6. The maximum absolute atomic E-state index is 6.40. The quantitative estimate of drug-likeness (QED) is 0.792. The number of nitrogens with zero attached hydrogens (tertiary/aromatic N) is 4. The third kappa shape index (κ3) is 2.59. The molecule has 0 aliphatic heterocycles. The lowest BCUT2D eigenvalue weighted by atomic mass is 9.94. The molecule has 1 unspecified atom stereocenters. The van der Waals surface area contributed by atoms with Gasteiger partial charge < -0.3 is 4.57 Å². The molecular formula is C15H23ClN4S. The van der Waals surface area contributed by atoms with Gasteiger partial charge in [0.05, 0.1) is 11.1 Å². The van der Waals surface area contributed by atoms with E-state index >= 15 is 0 Å². The average Bonchev–Trinajstić information content (AvgIpc) is 2.99. The highest BCUT2D eigenvalue weighted by Crippen LogP contribution is 2.38. The minimum atomic E-state index is -0.0740. The summed E-state index contributed by atoms with van der Waals surface area (Å²) in [6.07, 6.45) is 7.18. The fourth-order valence-corrected chi connectivity index (χ4v) is 4.39. The van der Waals surface area contributed by atoms with Crippen molar-refractivity contribution in [1.29, 1.82) is 0 Å². The molecule has 1 aliphatic rings. The molecule has 116 valence electrons. The maximum Gasteiger partial charge on any atom is 0.158 e. The van der Waals surface area contributed by atoms with E-state index in [-0.39, 0.29) is 5.38 Å². The van der Waals surface area contributed by atoms with Crippen molar-refractivity contribution in [3.05, 3.63) is 11.5 Å². The molecule has 0 bridgehead atoms. The minimum Gasteiger partial charge on any atom is -0.309 e. The van der Waals surface area contributed by atoms with Crippen LogP contribution < -0.4 is 0 Å². The topological polar surface area (TPSA) is 35.6 Å². The van der Waals surface area contributed by atoms with E-state index in [9.17, 15) is 0 Å². The first kappa shape index (κ1) is 15.2. The summed E-state index contributed by atoms with van der Waals surface area (Å²) in [5, 5.41) is 5.26. The summed E-state index contributed by atoms with van der Waals surface area (Å²) in [6, 6.07) is 0.504. The van der Waals surface area contributed by atoms with E-state index in [1.165, 1.54) is 25.7 Å². The number of aryl methyl sites for hydroxylation is 2. The fourth-order valence-electron chi connectivity index (χ4n) is 3.49. The summed E-state index contributed by atoms with van der Waals surface area (Å²) in [5.41, 5.74) is 3.12. The van der Waals surface area contributed by atoms with Crippen LogP contribution in [0.3, 0.4) is 0 Å². The molecule has 0 radical (unpaired) electrons. The second-order valence-electron chi connectivity index (χ2n) is 6.00. The smallest absolute Gasteiger partial charge is 0.158 e. The highest BCUT2D eigenvalue weighted by molar-refractivity contribution is 7.99. The number of hydrogen-bond donors (Lipinski definition) is 0. The molecule has 0 aromatic carbocycles. The van der Waals surface area contributed by atoms with Crippen molar-refractivity contribution in [3.8, 4) is 0 Å². The van der Waals surface area contributed by atoms with Crippen LogP contribution in [-0.4, -0.2) is 30.8 Å². The van der Waals surface area contributed by atoms with Crippen molar-refractivity contribution in [2.45, 2.75) is 56.2 Å². The van der Waals surface area contributed by atoms with E-state index in [0.717, 1.165) is 27.9 Å². The van der Waals surface area contributed by atoms with Gasteiger partial charge in [-0.25, -0.2) is 4.98 Å². The number of hydrogen-bond acceptors (Lipinski definition) is 3. The number of alkyl halides is 1. The number of rotatable bonds is 3. The summed E-state index contributed by atoms with van der Waals surface area (Å²) in [5.74, 6) is 0.996. The first-order valence-electron chi connectivity index (χ1n) is 7.61. The summed E-state index contributed by atoms with van der Waals surface area (Å²) in [4.78, 5) is 4.79. The monoisotopic (exact) mass is 326 g/mol. The molecule has 0 saturated heterocycles. The Bertz CT molecular complexity index is 638. The van der Waals surface area contributed by atoms with Gasteiger partial charge >= 0.3 is 0 Å². The van der Waals surface area contributed by atoms with Gasteiger partial charge in [0.25, 0.3) is 0 Å². The Morgan fingerprint density at radius 1 is 1.29 bits per heavy atom. The van der Waals surface area contributed by atoms with Gasteiger partial charge in [0.15, 0.2) is 5.65 Å². The Morgan fingerprint density at radius 3 is 2.52 bits per heavy atom. The largest absolute Gasteiger partial charge is 0.309 e. The third-order valence-electron chi connectivity index (χ3n) is 4.56. The van der Waals surface area contributed by atoms with E-state index in [1.54, 1.807) is 0 Å². The Morgan fingerprint density at radius 2 is 1.95 bits per heavy atom. The summed E-state index contributed by atoms with van der Waals surface area (Å²) >= 11 is 8.40. The van der Waals surface area contributed by atoms with Gasteiger partial charge in [-0.05, 0) is 45.8 Å². The number of imidazole rings is 1. The molecule has 1 fully saturated rings. The number of thioether (sulfide) groups is 1. The molecule has 3 rings (SSSR count). The molecule has 1 atom stereocenters. The Balaban J connectivity index is 2.05. The molecule has 2 aromatic heterocycles. The highest BCUT2D eigenvalue weighted by Gasteiger charge is 2.28. The van der Waals surface area contributed by atoms with Crippen LogP contribution >= 0.6 is 23.4 Å². The zero-order valence-electron chi connectivity index (χ0n) is 13.1. The second-order valence-corrected chi connectivity index (χ2v) is 7.80. The van der Waals surface area contributed by atoms with Crippen LogP contribution in [0.2, 0.25) is 0 Å². The standard InChI is InChI=1S/C15H23ClN4S/c1-9(16)14-17-13-10(2)18-19(3)15(13)20(14)11-5-7-12(21-4)8-6-11/h9,11-12H,5-8H2,1-4H3. The molecule has 2 aromatic rings. The van der Waals surface area contributed by atoms with Gasteiger partial charge in [-0.3, -0.25) is 4.68 Å². The molecule has 2 heterocycles. The summed E-state index contributed by atoms with van der Waals surface area (Å²) in [6.45, 7) is 4.03. The second kappa shape index (κ2) is 5.84. The van der Waals surface area contributed by atoms with Crippen LogP contribution in [0.15, 0.2) is 0 Å². The Kier molecular flexibility index (Phi) is 4.23. The van der Waals surface area contributed by atoms with Crippen molar-refractivity contribution < 1.29 is 0 Å². The van der Waals surface area contributed by atoms with Crippen LogP contribution in [0.5, 0.6) is 0 Å². The lowest BCUT2D eigenvalue weighted by molar-refractivity contribution is 0.355. The molecular weight excluding hydrogens is 304 g/mol. The summed E-state index contributed by atoms with van der Waals surface area (Å²) < 4.78 is 4.32. The summed E-state index contributed by atoms with van der Waals surface area (Å²) in [7, 11) is 2.00. The molecule has 0 spiro atoms. The van der Waals surface area contributed by atoms with Gasteiger partial charge in [0.2, 0.25) is 0 Å². The van der Waals surface area contributed by atoms with Crippen molar-refractivity contribution in [1.82, 2.24) is 19.3 Å². The Hall–Kier alpha value is -0.680. The SMILES string of the molecule is CSC1CCC(n2c(C(C)Cl)nc3c(C)nn(C)c32)CC1. The van der Waals surface area contributed by atoms with Crippen molar-refractivity contribution in [3.63, 3.8) is 0 Å². The van der Waals surface area contributed by atoms with E-state index in [2.05, 4.69) is 15.9 Å². The highest BCUT2D eigenvalue weighted by atomic mass is 35.5. The van der Waals surface area contributed by atoms with Crippen molar-refractivity contribution in [2.75, 3.05) is 6.26 Å². The number of fused-ring (bicyclic) bond motifs is 1. The number of aromatic nitrogens is 4. The van der Waals surface area contributed by atoms with Crippen molar-refractivity contribution in [2.24, 2.45) is 7.05 Å². The predicted octanol–water partition coefficient (Wildman–Crippen LogP) is 4.22. The molecule has 1 aliphatic carbocycles. The molecule has 0 amide bonds. The van der Waals surface area contributed by atoms with Gasteiger partial charge in [-0.15, -0.1) is 11.6 Å². The van der Waals surface area contributed by atoms with Crippen molar-refractivity contribution >= 4 is 34.5 Å². The molecule has 1 saturated carbocycles. The van der Waals surface area contributed by atoms with Crippen LogP contribution in [0.25, 0.3) is 11.2 Å². The van der Waals surface area contributed by atoms with E-state index in [1.807, 2.05) is 37.3 Å². The molecule has 4 nitrogen and oxygen atoms in total. The van der Waals surface area contributed by atoms with Gasteiger partial charge in [-0.2, -0.15) is 16.9 Å². The van der Waals surface area contributed by atoms with Crippen LogP contribution in [-0.2, 0) is 7.05 Å². The van der Waals surface area contributed by atoms with Crippen LogP contribution in [0, 0.1) is 6.92 Å². The maximum atomic E-state index is 6.40. The van der Waals surface area contributed by atoms with Gasteiger partial charge in [0, 0.05) is 18.3 Å². The zero-order chi connectivity index (χ0) is 15.1. The first-order chi connectivity index (χ1) is 10.0. The zero-order valence-corrected chi connectivity index (χ0v) is 14.7. The fraction of sp³-hybridized carbons (Fsp3) is 0.733. The third-order valence-corrected chi connectivity index (χ3v) is 5.89. The number of halogens is 1. The van der Waals surface area contributed by atoms with E-state index in [4.69, 9.17) is 16.6 Å². The molecule has 0 N–H and O–H groups in total. The average molecular weight is 327 g/mol. The van der Waals surface area contributed by atoms with Crippen LogP contribution in [0.4, 0.5) is 0 Å². The molecule has 6 heteroatoms. The van der Waals surface area contributed by atoms with Gasteiger partial charge in [-0.1, -0.05) is 0 Å². The van der Waals surface area contributed by atoms with Gasteiger partial charge in [0.1, 0.15) is 11.3 Å². The first-order valence-corrected chi connectivity index (χ1v) is 9.33.